The quantitative estimate of drug-likeness (QED) is 0.591. The second kappa shape index (κ2) is 8.29. The van der Waals surface area contributed by atoms with Crippen LogP contribution in [0.2, 0.25) is 5.02 Å². The minimum atomic E-state index is -0.293. The summed E-state index contributed by atoms with van der Waals surface area (Å²) >= 11 is 7.52. The molecular formula is C19H19ClN4OS. The Morgan fingerprint density at radius 3 is 2.77 bits per heavy atom. The van der Waals surface area contributed by atoms with Crippen LogP contribution in [-0.2, 0) is 6.42 Å². The standard InChI is InChI=1S/C19H19ClN4OS/c1-3-6-13-8-5-10-16(21-13)23-19-22-15(11-26-19)18(25)24-17-12(2)7-4-9-14(17)20/h4-5,7-11H,3,6H2,1-2H3,(H,24,25)(H,21,22,23). The fourth-order valence-electron chi connectivity index (χ4n) is 2.46. The highest BCUT2D eigenvalue weighted by Crippen LogP contribution is 2.26. The number of para-hydroxylation sites is 1. The summed E-state index contributed by atoms with van der Waals surface area (Å²) in [5.74, 6) is 0.428. The molecule has 0 radical (unpaired) electrons. The van der Waals surface area contributed by atoms with Crippen LogP contribution in [0, 0.1) is 6.92 Å². The summed E-state index contributed by atoms with van der Waals surface area (Å²) in [7, 11) is 0. The number of nitrogens with one attached hydrogen (secondary N) is 2. The normalized spacial score (nSPS) is 10.6. The number of rotatable bonds is 6. The lowest BCUT2D eigenvalue weighted by molar-refractivity contribution is 0.102. The van der Waals surface area contributed by atoms with Crippen molar-refractivity contribution in [1.82, 2.24) is 9.97 Å². The summed E-state index contributed by atoms with van der Waals surface area (Å²) in [5.41, 5.74) is 2.87. The summed E-state index contributed by atoms with van der Waals surface area (Å²) in [6, 6.07) is 11.3. The molecule has 0 unspecified atom stereocenters. The summed E-state index contributed by atoms with van der Waals surface area (Å²) in [5, 5.41) is 8.81. The molecule has 3 aromatic rings. The van der Waals surface area contributed by atoms with Crippen molar-refractivity contribution in [1.29, 1.82) is 0 Å². The van der Waals surface area contributed by atoms with E-state index < -0.39 is 0 Å². The van der Waals surface area contributed by atoms with Crippen molar-refractivity contribution in [3.05, 3.63) is 63.8 Å². The van der Waals surface area contributed by atoms with Crippen molar-refractivity contribution in [2.75, 3.05) is 10.6 Å². The van der Waals surface area contributed by atoms with E-state index in [1.165, 1.54) is 11.3 Å². The molecule has 0 saturated heterocycles. The molecule has 0 bridgehead atoms. The van der Waals surface area contributed by atoms with Crippen LogP contribution in [0.3, 0.4) is 0 Å². The molecule has 5 nitrogen and oxygen atoms in total. The van der Waals surface area contributed by atoms with Gasteiger partial charge in [-0.15, -0.1) is 11.3 Å². The maximum Gasteiger partial charge on any atom is 0.275 e. The predicted molar refractivity (Wildman–Crippen MR) is 108 cm³/mol. The second-order valence-electron chi connectivity index (χ2n) is 5.81. The van der Waals surface area contributed by atoms with Crippen LogP contribution in [0.4, 0.5) is 16.6 Å². The molecule has 2 aromatic heterocycles. The number of benzene rings is 1. The van der Waals surface area contributed by atoms with Gasteiger partial charge in [-0.05, 0) is 37.1 Å². The van der Waals surface area contributed by atoms with E-state index >= 15 is 0 Å². The maximum absolute atomic E-state index is 12.5. The number of halogens is 1. The summed E-state index contributed by atoms with van der Waals surface area (Å²) in [4.78, 5) is 21.3. The SMILES string of the molecule is CCCc1cccc(Nc2nc(C(=O)Nc3c(C)cccc3Cl)cs2)n1. The third-order valence-corrected chi connectivity index (χ3v) is 4.82. The minimum absolute atomic E-state index is 0.293. The lowest BCUT2D eigenvalue weighted by Crippen LogP contribution is -2.13. The Balaban J connectivity index is 1.71. The summed E-state index contributed by atoms with van der Waals surface area (Å²) in [6.07, 6.45) is 1.97. The molecule has 1 aromatic carbocycles. The van der Waals surface area contributed by atoms with E-state index in [0.29, 0.717) is 21.5 Å². The number of pyridine rings is 1. The van der Waals surface area contributed by atoms with Gasteiger partial charge in [0.05, 0.1) is 10.7 Å². The predicted octanol–water partition coefficient (Wildman–Crippen LogP) is 5.45. The van der Waals surface area contributed by atoms with Gasteiger partial charge in [-0.3, -0.25) is 4.79 Å². The van der Waals surface area contributed by atoms with Crippen LogP contribution < -0.4 is 10.6 Å². The largest absolute Gasteiger partial charge is 0.319 e. The van der Waals surface area contributed by atoms with Gasteiger partial charge in [0.15, 0.2) is 5.13 Å². The van der Waals surface area contributed by atoms with Crippen molar-refractivity contribution in [2.24, 2.45) is 0 Å². The molecule has 0 saturated carbocycles. The smallest absolute Gasteiger partial charge is 0.275 e. The molecule has 0 spiro atoms. The lowest BCUT2D eigenvalue weighted by Gasteiger charge is -2.08. The van der Waals surface area contributed by atoms with Crippen molar-refractivity contribution >= 4 is 45.5 Å². The topological polar surface area (TPSA) is 66.9 Å². The highest BCUT2D eigenvalue weighted by atomic mass is 35.5. The van der Waals surface area contributed by atoms with Crippen LogP contribution in [0.15, 0.2) is 41.8 Å². The zero-order valence-corrected chi connectivity index (χ0v) is 16.1. The Hall–Kier alpha value is -2.44. The van der Waals surface area contributed by atoms with Gasteiger partial charge in [-0.2, -0.15) is 0 Å². The molecular weight excluding hydrogens is 368 g/mol. The number of aryl methyl sites for hydroxylation is 2. The number of nitrogens with zero attached hydrogens (tertiary/aromatic N) is 2. The van der Waals surface area contributed by atoms with E-state index in [2.05, 4.69) is 27.5 Å². The van der Waals surface area contributed by atoms with Gasteiger partial charge < -0.3 is 10.6 Å². The molecule has 0 aliphatic rings. The fourth-order valence-corrected chi connectivity index (χ4v) is 3.42. The monoisotopic (exact) mass is 386 g/mol. The third-order valence-electron chi connectivity index (χ3n) is 3.75. The lowest BCUT2D eigenvalue weighted by atomic mass is 10.2. The van der Waals surface area contributed by atoms with Gasteiger partial charge in [-0.25, -0.2) is 9.97 Å². The number of carbonyl (C=O) groups is 1. The number of amides is 1. The van der Waals surface area contributed by atoms with Crippen molar-refractivity contribution in [3.63, 3.8) is 0 Å². The Labute approximate surface area is 161 Å². The molecule has 2 heterocycles. The van der Waals surface area contributed by atoms with Gasteiger partial charge in [0.1, 0.15) is 11.5 Å². The van der Waals surface area contributed by atoms with Crippen LogP contribution >= 0.6 is 22.9 Å². The van der Waals surface area contributed by atoms with Crippen molar-refractivity contribution < 1.29 is 4.79 Å². The molecule has 0 aliphatic carbocycles. The van der Waals surface area contributed by atoms with Crippen molar-refractivity contribution in [3.8, 4) is 0 Å². The molecule has 134 valence electrons. The Morgan fingerprint density at radius 1 is 1.19 bits per heavy atom. The average molecular weight is 387 g/mol. The van der Waals surface area contributed by atoms with Crippen LogP contribution in [0.5, 0.6) is 0 Å². The van der Waals surface area contributed by atoms with Crippen LogP contribution in [0.25, 0.3) is 0 Å². The molecule has 0 aliphatic heterocycles. The molecule has 7 heteroatoms. The molecule has 3 rings (SSSR count). The van der Waals surface area contributed by atoms with Crippen LogP contribution in [-0.4, -0.2) is 15.9 Å². The molecule has 1 amide bonds. The first-order valence-electron chi connectivity index (χ1n) is 8.31. The average Bonchev–Trinajstić information content (AvgIpc) is 3.07. The van der Waals surface area contributed by atoms with E-state index in [1.54, 1.807) is 11.4 Å². The van der Waals surface area contributed by atoms with Gasteiger partial charge in [0.2, 0.25) is 0 Å². The molecule has 0 fully saturated rings. The molecule has 26 heavy (non-hydrogen) atoms. The first-order valence-corrected chi connectivity index (χ1v) is 9.57. The number of hydrogen-bond donors (Lipinski definition) is 2. The highest BCUT2D eigenvalue weighted by Gasteiger charge is 2.14. The number of hydrogen-bond acceptors (Lipinski definition) is 5. The van der Waals surface area contributed by atoms with Gasteiger partial charge >= 0.3 is 0 Å². The van der Waals surface area contributed by atoms with E-state index in [1.807, 2.05) is 37.3 Å². The zero-order chi connectivity index (χ0) is 18.5. The second-order valence-corrected chi connectivity index (χ2v) is 7.08. The first kappa shape index (κ1) is 18.4. The number of thiazole rings is 1. The number of anilines is 3. The highest BCUT2D eigenvalue weighted by molar-refractivity contribution is 7.14. The zero-order valence-electron chi connectivity index (χ0n) is 14.5. The van der Waals surface area contributed by atoms with Crippen molar-refractivity contribution in [2.45, 2.75) is 26.7 Å². The summed E-state index contributed by atoms with van der Waals surface area (Å²) < 4.78 is 0. The van der Waals surface area contributed by atoms with Crippen LogP contribution in [0.1, 0.15) is 35.1 Å². The van der Waals surface area contributed by atoms with E-state index in [0.717, 1.165) is 29.9 Å². The number of carbonyl (C=O) groups excluding carboxylic acids is 1. The van der Waals surface area contributed by atoms with E-state index in [9.17, 15) is 4.79 Å². The van der Waals surface area contributed by atoms with E-state index in [-0.39, 0.29) is 5.91 Å². The van der Waals surface area contributed by atoms with Gasteiger partial charge in [0, 0.05) is 11.1 Å². The first-order chi connectivity index (χ1) is 12.6. The Morgan fingerprint density at radius 2 is 2.00 bits per heavy atom. The number of aromatic nitrogens is 2. The van der Waals surface area contributed by atoms with Gasteiger partial charge in [-0.1, -0.05) is 43.1 Å². The molecule has 0 atom stereocenters. The molecule has 2 N–H and O–H groups in total. The van der Waals surface area contributed by atoms with E-state index in [4.69, 9.17) is 11.6 Å². The van der Waals surface area contributed by atoms with Gasteiger partial charge in [0.25, 0.3) is 5.91 Å². The third kappa shape index (κ3) is 4.39. The summed E-state index contributed by atoms with van der Waals surface area (Å²) in [6.45, 7) is 4.01. The minimum Gasteiger partial charge on any atom is -0.319 e. The Kier molecular flexibility index (Phi) is 5.85. The Bertz CT molecular complexity index is 905. The maximum atomic E-state index is 12.5. The fraction of sp³-hybridized carbons (Fsp3) is 0.211.